The van der Waals surface area contributed by atoms with Crippen molar-refractivity contribution in [2.24, 2.45) is 5.73 Å². The monoisotopic (exact) mass is 299 g/mol. The van der Waals surface area contributed by atoms with Crippen LogP contribution < -0.4 is 16.0 Å². The lowest BCUT2D eigenvalue weighted by atomic mass is 10.2. The number of carbonyl (C=O) groups is 1. The number of nitrogens with zero attached hydrogens (tertiary/aromatic N) is 1. The topological polar surface area (TPSA) is 58.4 Å². The first-order valence-corrected chi connectivity index (χ1v) is 6.93. The van der Waals surface area contributed by atoms with Crippen LogP contribution in [0.2, 0.25) is 0 Å². The summed E-state index contributed by atoms with van der Waals surface area (Å²) in [4.78, 5) is 14.3. The lowest BCUT2D eigenvalue weighted by Gasteiger charge is -2.19. The molecule has 0 heterocycles. The number of anilines is 2. The Morgan fingerprint density at radius 1 is 1.14 bits per heavy atom. The molecule has 1 amide bonds. The lowest BCUT2D eigenvalue weighted by molar-refractivity contribution is -0.114. The van der Waals surface area contributed by atoms with Crippen molar-refractivity contribution in [1.82, 2.24) is 0 Å². The van der Waals surface area contributed by atoms with Gasteiger partial charge in [-0.25, -0.2) is 0 Å². The molecule has 2 aromatic carbocycles. The van der Waals surface area contributed by atoms with Gasteiger partial charge >= 0.3 is 0 Å². The second-order valence-electron chi connectivity index (χ2n) is 4.65. The molecule has 5 heteroatoms. The van der Waals surface area contributed by atoms with E-state index in [1.807, 2.05) is 54.4 Å². The number of amides is 1. The van der Waals surface area contributed by atoms with Gasteiger partial charge in [-0.3, -0.25) is 4.79 Å². The van der Waals surface area contributed by atoms with E-state index in [9.17, 15) is 4.79 Å². The summed E-state index contributed by atoms with van der Waals surface area (Å²) in [7, 11) is 1.87. The highest BCUT2D eigenvalue weighted by atomic mass is 32.1. The maximum absolute atomic E-state index is 12.1. The molecule has 0 spiro atoms. The second kappa shape index (κ2) is 6.85. The van der Waals surface area contributed by atoms with Gasteiger partial charge in [0, 0.05) is 18.3 Å². The number of rotatable bonds is 5. The smallest absolute Gasteiger partial charge is 0.243 e. The van der Waals surface area contributed by atoms with Gasteiger partial charge in [-0.05, 0) is 24.3 Å². The van der Waals surface area contributed by atoms with E-state index in [2.05, 4.69) is 5.32 Å². The van der Waals surface area contributed by atoms with Crippen LogP contribution in [0.15, 0.2) is 54.6 Å². The minimum atomic E-state index is -0.120. The molecule has 0 atom stereocenters. The maximum Gasteiger partial charge on any atom is 0.243 e. The van der Waals surface area contributed by atoms with Gasteiger partial charge in [-0.1, -0.05) is 42.5 Å². The lowest BCUT2D eigenvalue weighted by Crippen LogP contribution is -2.30. The first-order valence-electron chi connectivity index (χ1n) is 6.53. The molecule has 0 aromatic heterocycles. The summed E-state index contributed by atoms with van der Waals surface area (Å²) in [6.07, 6.45) is 0. The van der Waals surface area contributed by atoms with E-state index in [1.165, 1.54) is 0 Å². The van der Waals surface area contributed by atoms with Crippen molar-refractivity contribution in [3.63, 3.8) is 0 Å². The van der Waals surface area contributed by atoms with E-state index in [0.717, 1.165) is 5.69 Å². The molecule has 0 radical (unpaired) electrons. The highest BCUT2D eigenvalue weighted by Crippen LogP contribution is 2.15. The van der Waals surface area contributed by atoms with Gasteiger partial charge in [0.15, 0.2) is 0 Å². The molecule has 3 N–H and O–H groups in total. The molecule has 0 aliphatic rings. The Labute approximate surface area is 129 Å². The van der Waals surface area contributed by atoms with Crippen molar-refractivity contribution in [2.75, 3.05) is 23.8 Å². The van der Waals surface area contributed by atoms with Gasteiger partial charge in [-0.2, -0.15) is 0 Å². The third-order valence-electron chi connectivity index (χ3n) is 3.04. The second-order valence-corrected chi connectivity index (χ2v) is 5.09. The third kappa shape index (κ3) is 4.03. The van der Waals surface area contributed by atoms with Crippen LogP contribution in [-0.4, -0.2) is 24.5 Å². The number of hydrogen-bond donors (Lipinski definition) is 2. The normalized spacial score (nSPS) is 9.95. The number of benzene rings is 2. The van der Waals surface area contributed by atoms with Crippen molar-refractivity contribution in [2.45, 2.75) is 0 Å². The summed E-state index contributed by atoms with van der Waals surface area (Å²) >= 11 is 4.98. The summed E-state index contributed by atoms with van der Waals surface area (Å²) in [5.74, 6) is -0.120. The molecule has 0 aliphatic heterocycles. The fourth-order valence-electron chi connectivity index (χ4n) is 1.99. The number of likely N-dealkylation sites (N-methyl/N-ethyl adjacent to an activating group) is 1. The highest BCUT2D eigenvalue weighted by Gasteiger charge is 2.10. The standard InChI is InChI=1S/C16H17N3OS/c1-19(12-7-3-2-4-8-12)11-15(20)18-14-10-6-5-9-13(14)16(17)21/h2-10H,11H2,1H3,(H2,17,21)(H,18,20). The molecule has 0 unspecified atom stereocenters. The third-order valence-corrected chi connectivity index (χ3v) is 3.26. The van der Waals surface area contributed by atoms with Crippen LogP contribution in [0.4, 0.5) is 11.4 Å². The van der Waals surface area contributed by atoms with Gasteiger partial charge in [0.2, 0.25) is 5.91 Å². The fraction of sp³-hybridized carbons (Fsp3) is 0.125. The van der Waals surface area contributed by atoms with Crippen molar-refractivity contribution in [3.8, 4) is 0 Å². The van der Waals surface area contributed by atoms with Crippen LogP contribution in [0, 0.1) is 0 Å². The molecule has 108 valence electrons. The van der Waals surface area contributed by atoms with Gasteiger partial charge in [0.05, 0.1) is 12.2 Å². The van der Waals surface area contributed by atoms with Gasteiger partial charge < -0.3 is 16.0 Å². The largest absolute Gasteiger partial charge is 0.389 e. The Bertz CT molecular complexity index is 643. The zero-order valence-electron chi connectivity index (χ0n) is 11.7. The molecule has 2 rings (SSSR count). The first-order chi connectivity index (χ1) is 10.1. The summed E-state index contributed by atoms with van der Waals surface area (Å²) in [6.45, 7) is 0.246. The molecule has 0 bridgehead atoms. The summed E-state index contributed by atoms with van der Waals surface area (Å²) in [5.41, 5.74) is 7.94. The molecular weight excluding hydrogens is 282 g/mol. The molecule has 4 nitrogen and oxygen atoms in total. The Morgan fingerprint density at radius 3 is 2.43 bits per heavy atom. The van der Waals surface area contributed by atoms with Crippen LogP contribution >= 0.6 is 12.2 Å². The number of nitrogens with one attached hydrogen (secondary N) is 1. The number of para-hydroxylation sites is 2. The average Bonchev–Trinajstić information content (AvgIpc) is 2.48. The summed E-state index contributed by atoms with van der Waals surface area (Å²) < 4.78 is 0. The number of hydrogen-bond acceptors (Lipinski definition) is 3. The van der Waals surface area contributed by atoms with Crippen LogP contribution in [0.3, 0.4) is 0 Å². The van der Waals surface area contributed by atoms with E-state index in [0.29, 0.717) is 11.3 Å². The van der Waals surface area contributed by atoms with Gasteiger partial charge in [0.1, 0.15) is 4.99 Å². The molecular formula is C16H17N3OS. The van der Waals surface area contributed by atoms with E-state index >= 15 is 0 Å². The van der Waals surface area contributed by atoms with E-state index in [4.69, 9.17) is 18.0 Å². The summed E-state index contributed by atoms with van der Waals surface area (Å²) in [5, 5.41) is 2.84. The maximum atomic E-state index is 12.1. The van der Waals surface area contributed by atoms with E-state index in [1.54, 1.807) is 12.1 Å². The van der Waals surface area contributed by atoms with Gasteiger partial charge in [0.25, 0.3) is 0 Å². The van der Waals surface area contributed by atoms with E-state index in [-0.39, 0.29) is 17.4 Å². The van der Waals surface area contributed by atoms with Crippen molar-refractivity contribution in [1.29, 1.82) is 0 Å². The Hall–Kier alpha value is -2.40. The minimum absolute atomic E-state index is 0.120. The predicted molar refractivity (Wildman–Crippen MR) is 90.7 cm³/mol. The molecule has 0 aliphatic carbocycles. The van der Waals surface area contributed by atoms with Gasteiger partial charge in [-0.15, -0.1) is 0 Å². The van der Waals surface area contributed by atoms with Crippen LogP contribution in [0.25, 0.3) is 0 Å². The molecule has 2 aromatic rings. The zero-order chi connectivity index (χ0) is 15.2. The Balaban J connectivity index is 2.04. The highest BCUT2D eigenvalue weighted by molar-refractivity contribution is 7.80. The van der Waals surface area contributed by atoms with Crippen LogP contribution in [0.5, 0.6) is 0 Å². The minimum Gasteiger partial charge on any atom is -0.389 e. The summed E-state index contributed by atoms with van der Waals surface area (Å²) in [6, 6.07) is 17.0. The first kappa shape index (κ1) is 15.0. The van der Waals surface area contributed by atoms with Crippen LogP contribution in [-0.2, 0) is 4.79 Å². The molecule has 0 saturated carbocycles. The van der Waals surface area contributed by atoms with Crippen molar-refractivity contribution < 1.29 is 4.79 Å². The number of nitrogens with two attached hydrogens (primary N) is 1. The zero-order valence-corrected chi connectivity index (χ0v) is 12.6. The number of thiocarbonyl (C=S) groups is 1. The molecule has 0 saturated heterocycles. The fourth-order valence-corrected chi connectivity index (χ4v) is 2.16. The number of carbonyl (C=O) groups excluding carboxylic acids is 1. The molecule has 21 heavy (non-hydrogen) atoms. The Morgan fingerprint density at radius 2 is 1.76 bits per heavy atom. The average molecular weight is 299 g/mol. The molecule has 0 fully saturated rings. The predicted octanol–water partition coefficient (Wildman–Crippen LogP) is 2.40. The SMILES string of the molecule is CN(CC(=O)Nc1ccccc1C(N)=S)c1ccccc1. The Kier molecular flexibility index (Phi) is 4.90. The van der Waals surface area contributed by atoms with Crippen molar-refractivity contribution >= 4 is 34.5 Å². The van der Waals surface area contributed by atoms with E-state index < -0.39 is 0 Å². The quantitative estimate of drug-likeness (QED) is 0.832. The van der Waals surface area contributed by atoms with Crippen molar-refractivity contribution in [3.05, 3.63) is 60.2 Å². The van der Waals surface area contributed by atoms with Crippen LogP contribution in [0.1, 0.15) is 5.56 Å².